The third-order valence-electron chi connectivity index (χ3n) is 7.40. The molecule has 0 atom stereocenters. The summed E-state index contributed by atoms with van der Waals surface area (Å²) < 4.78 is 0. The van der Waals surface area contributed by atoms with E-state index in [0.717, 1.165) is 31.2 Å². The van der Waals surface area contributed by atoms with Crippen molar-refractivity contribution in [1.82, 2.24) is 10.2 Å². The summed E-state index contributed by atoms with van der Waals surface area (Å²) in [6.07, 6.45) is 13.2. The highest BCUT2D eigenvalue weighted by molar-refractivity contribution is 6.34. The molecule has 168 valence electrons. The first-order valence-corrected chi connectivity index (χ1v) is 12.1. The highest BCUT2D eigenvalue weighted by Gasteiger charge is 2.39. The summed E-state index contributed by atoms with van der Waals surface area (Å²) in [7, 11) is 0. The fraction of sp³-hybridized carbons (Fsp3) is 0.720. The van der Waals surface area contributed by atoms with Crippen LogP contribution in [0.3, 0.4) is 0 Å². The Morgan fingerprint density at radius 1 is 1.10 bits per heavy atom. The summed E-state index contributed by atoms with van der Waals surface area (Å²) in [5, 5.41) is 7.24. The van der Waals surface area contributed by atoms with Crippen LogP contribution in [0.4, 0.5) is 5.69 Å². The minimum atomic E-state index is -0.0308. The number of hydrogen-bond donors (Lipinski definition) is 2. The van der Waals surface area contributed by atoms with Crippen molar-refractivity contribution in [3.05, 3.63) is 28.8 Å². The van der Waals surface area contributed by atoms with Crippen molar-refractivity contribution in [2.75, 3.05) is 38.0 Å². The van der Waals surface area contributed by atoms with Gasteiger partial charge in [0.2, 0.25) is 0 Å². The molecule has 30 heavy (non-hydrogen) atoms. The number of anilines is 1. The van der Waals surface area contributed by atoms with Crippen LogP contribution >= 0.6 is 11.6 Å². The van der Waals surface area contributed by atoms with Gasteiger partial charge < -0.3 is 15.5 Å². The summed E-state index contributed by atoms with van der Waals surface area (Å²) in [5.74, 6) is 0.849. The van der Waals surface area contributed by atoms with Crippen LogP contribution in [0.5, 0.6) is 0 Å². The van der Waals surface area contributed by atoms with E-state index in [1.54, 1.807) is 0 Å². The number of piperidine rings is 1. The summed E-state index contributed by atoms with van der Waals surface area (Å²) >= 11 is 6.37. The van der Waals surface area contributed by atoms with Crippen LogP contribution < -0.4 is 10.6 Å². The number of rotatable bonds is 7. The SMILES string of the molecule is C.O=C(NCC12CCCC(CCC1)C2)c1cc(NCCN2CCCCC2)ccc1Cl. The van der Waals surface area contributed by atoms with E-state index in [1.165, 1.54) is 77.3 Å². The molecule has 4 nitrogen and oxygen atoms in total. The second-order valence-corrected chi connectivity index (χ2v) is 9.97. The zero-order chi connectivity index (χ0) is 20.1. The van der Waals surface area contributed by atoms with Crippen LogP contribution in [0.2, 0.25) is 5.02 Å². The molecular formula is C25H40ClN3O. The number of likely N-dealkylation sites (tertiary alicyclic amines) is 1. The van der Waals surface area contributed by atoms with Crippen LogP contribution in [0, 0.1) is 11.3 Å². The van der Waals surface area contributed by atoms with Crippen LogP contribution in [-0.2, 0) is 0 Å². The molecule has 1 aromatic rings. The number of benzene rings is 1. The molecular weight excluding hydrogens is 394 g/mol. The number of halogens is 1. The van der Waals surface area contributed by atoms with Crippen molar-refractivity contribution >= 4 is 23.2 Å². The Morgan fingerprint density at radius 3 is 2.57 bits per heavy atom. The Balaban J connectivity index is 0.00000256. The summed E-state index contributed by atoms with van der Waals surface area (Å²) in [4.78, 5) is 15.4. The first-order valence-electron chi connectivity index (χ1n) is 11.7. The van der Waals surface area contributed by atoms with Gasteiger partial charge in [-0.25, -0.2) is 0 Å². The molecule has 1 amide bonds. The van der Waals surface area contributed by atoms with Gasteiger partial charge in [-0.3, -0.25) is 4.79 Å². The van der Waals surface area contributed by atoms with E-state index in [4.69, 9.17) is 11.6 Å². The smallest absolute Gasteiger partial charge is 0.252 e. The molecule has 1 aliphatic heterocycles. The zero-order valence-electron chi connectivity index (χ0n) is 17.6. The molecule has 1 saturated heterocycles. The van der Waals surface area contributed by atoms with Crippen LogP contribution in [-0.4, -0.2) is 43.5 Å². The third kappa shape index (κ3) is 5.91. The second-order valence-electron chi connectivity index (χ2n) is 9.56. The Morgan fingerprint density at radius 2 is 1.83 bits per heavy atom. The standard InChI is InChI=1S/C24H36ClN3O.CH4/c25-22-9-8-20(26-12-15-28-13-2-1-3-14-28)16-21(22)23(29)27-18-24-10-4-6-19(17-24)7-5-11-24;/h8-9,16,19,26H,1-7,10-15,17-18H2,(H,27,29);1H4. The van der Waals surface area contributed by atoms with Gasteiger partial charge in [0, 0.05) is 25.3 Å². The van der Waals surface area contributed by atoms with Crippen molar-refractivity contribution in [2.45, 2.75) is 71.6 Å². The molecule has 2 aliphatic carbocycles. The molecule has 4 rings (SSSR count). The van der Waals surface area contributed by atoms with Gasteiger partial charge in [0.1, 0.15) is 0 Å². The average Bonchev–Trinajstić information content (AvgIpc) is 2.74. The van der Waals surface area contributed by atoms with E-state index in [2.05, 4.69) is 15.5 Å². The average molecular weight is 434 g/mol. The van der Waals surface area contributed by atoms with E-state index < -0.39 is 0 Å². The van der Waals surface area contributed by atoms with E-state index in [0.29, 0.717) is 16.0 Å². The van der Waals surface area contributed by atoms with Gasteiger partial charge in [-0.05, 0) is 74.7 Å². The van der Waals surface area contributed by atoms with Crippen LogP contribution in [0.25, 0.3) is 0 Å². The maximum absolute atomic E-state index is 12.9. The van der Waals surface area contributed by atoms with E-state index in [-0.39, 0.29) is 13.3 Å². The highest BCUT2D eigenvalue weighted by Crippen LogP contribution is 2.48. The van der Waals surface area contributed by atoms with Gasteiger partial charge in [-0.1, -0.05) is 51.1 Å². The summed E-state index contributed by atoms with van der Waals surface area (Å²) in [5.41, 5.74) is 1.90. The van der Waals surface area contributed by atoms with Crippen molar-refractivity contribution in [3.8, 4) is 0 Å². The Bertz CT molecular complexity index is 692. The lowest BCUT2D eigenvalue weighted by Crippen LogP contribution is -2.43. The Labute approximate surface area is 188 Å². The number of carbonyl (C=O) groups is 1. The molecule has 1 aromatic carbocycles. The number of amides is 1. The molecule has 2 N–H and O–H groups in total. The molecule has 0 aromatic heterocycles. The second kappa shape index (κ2) is 10.9. The van der Waals surface area contributed by atoms with Gasteiger partial charge >= 0.3 is 0 Å². The normalized spacial score (nSPS) is 26.5. The topological polar surface area (TPSA) is 44.4 Å². The maximum Gasteiger partial charge on any atom is 0.252 e. The van der Waals surface area contributed by atoms with Crippen molar-refractivity contribution in [1.29, 1.82) is 0 Å². The van der Waals surface area contributed by atoms with Gasteiger partial charge in [0.25, 0.3) is 5.91 Å². The molecule has 3 aliphatic rings. The molecule has 0 spiro atoms. The van der Waals surface area contributed by atoms with E-state index in [9.17, 15) is 4.79 Å². The number of hydrogen-bond acceptors (Lipinski definition) is 3. The number of nitrogens with zero attached hydrogens (tertiary/aromatic N) is 1. The number of carbonyl (C=O) groups excluding carboxylic acids is 1. The first kappa shape index (κ1) is 23.4. The summed E-state index contributed by atoms with van der Waals surface area (Å²) in [6.45, 7) is 5.16. The lowest BCUT2D eigenvalue weighted by Gasteiger charge is -2.45. The predicted octanol–water partition coefficient (Wildman–Crippen LogP) is 5.96. The molecule has 5 heteroatoms. The predicted molar refractivity (Wildman–Crippen MR) is 128 cm³/mol. The summed E-state index contributed by atoms with van der Waals surface area (Å²) in [6, 6.07) is 5.73. The van der Waals surface area contributed by atoms with E-state index >= 15 is 0 Å². The fourth-order valence-electron chi connectivity index (χ4n) is 5.78. The lowest BCUT2D eigenvalue weighted by molar-refractivity contribution is 0.0682. The van der Waals surface area contributed by atoms with Gasteiger partial charge in [0.15, 0.2) is 0 Å². The molecule has 2 bridgehead atoms. The molecule has 0 radical (unpaired) electrons. The number of fused-ring (bicyclic) bond motifs is 2. The van der Waals surface area contributed by atoms with Crippen LogP contribution in [0.1, 0.15) is 82.0 Å². The molecule has 1 heterocycles. The van der Waals surface area contributed by atoms with Crippen molar-refractivity contribution in [3.63, 3.8) is 0 Å². The Hall–Kier alpha value is -1.26. The monoisotopic (exact) mass is 433 g/mol. The maximum atomic E-state index is 12.9. The van der Waals surface area contributed by atoms with E-state index in [1.807, 2.05) is 18.2 Å². The molecule has 0 unspecified atom stereocenters. The fourth-order valence-corrected chi connectivity index (χ4v) is 5.99. The zero-order valence-corrected chi connectivity index (χ0v) is 18.4. The number of nitrogens with one attached hydrogen (secondary N) is 2. The lowest BCUT2D eigenvalue weighted by atomic mass is 9.62. The minimum absolute atomic E-state index is 0. The third-order valence-corrected chi connectivity index (χ3v) is 7.73. The highest BCUT2D eigenvalue weighted by atomic mass is 35.5. The molecule has 3 fully saturated rings. The van der Waals surface area contributed by atoms with Gasteiger partial charge in [0.05, 0.1) is 10.6 Å². The Kier molecular flexibility index (Phi) is 8.47. The van der Waals surface area contributed by atoms with Crippen LogP contribution in [0.15, 0.2) is 18.2 Å². The quantitative estimate of drug-likeness (QED) is 0.557. The van der Waals surface area contributed by atoms with Gasteiger partial charge in [-0.2, -0.15) is 0 Å². The largest absolute Gasteiger partial charge is 0.384 e. The molecule has 2 saturated carbocycles. The first-order chi connectivity index (χ1) is 14.1. The van der Waals surface area contributed by atoms with Crippen molar-refractivity contribution < 1.29 is 4.79 Å². The minimum Gasteiger partial charge on any atom is -0.384 e. The van der Waals surface area contributed by atoms with Gasteiger partial charge in [-0.15, -0.1) is 0 Å². The van der Waals surface area contributed by atoms with Crippen molar-refractivity contribution in [2.24, 2.45) is 11.3 Å².